The molecule has 0 unspecified atom stereocenters. The number of carbonyl (C=O) groups is 1. The van der Waals surface area contributed by atoms with Crippen molar-refractivity contribution in [3.05, 3.63) is 40.5 Å². The summed E-state index contributed by atoms with van der Waals surface area (Å²) in [6.07, 6.45) is 0. The molecule has 2 aromatic rings. The number of amides is 2. The van der Waals surface area contributed by atoms with E-state index < -0.39 is 0 Å². The van der Waals surface area contributed by atoms with E-state index in [-0.39, 0.29) is 6.03 Å². The highest BCUT2D eigenvalue weighted by Gasteiger charge is 2.24. The van der Waals surface area contributed by atoms with Crippen LogP contribution in [0.5, 0.6) is 0 Å². The Labute approximate surface area is 181 Å². The average molecular weight is 431 g/mol. The summed E-state index contributed by atoms with van der Waals surface area (Å²) in [5.41, 5.74) is 2.56. The van der Waals surface area contributed by atoms with Crippen molar-refractivity contribution < 1.29 is 9.53 Å². The molecule has 2 aliphatic rings. The summed E-state index contributed by atoms with van der Waals surface area (Å²) >= 11 is 6.16. The van der Waals surface area contributed by atoms with E-state index in [9.17, 15) is 4.79 Å². The van der Waals surface area contributed by atoms with E-state index in [0.29, 0.717) is 31.3 Å². The van der Waals surface area contributed by atoms with E-state index in [1.54, 1.807) is 0 Å². The zero-order chi connectivity index (χ0) is 21.1. The molecule has 1 N–H and O–H groups in total. The van der Waals surface area contributed by atoms with E-state index in [1.807, 2.05) is 43.0 Å². The fourth-order valence-electron chi connectivity index (χ4n) is 3.68. The average Bonchev–Trinajstić information content (AvgIpc) is 2.77. The predicted molar refractivity (Wildman–Crippen MR) is 119 cm³/mol. The van der Waals surface area contributed by atoms with Crippen LogP contribution in [0.3, 0.4) is 0 Å². The number of rotatable bonds is 3. The normalized spacial score (nSPS) is 17.2. The number of aromatic nitrogens is 2. The number of ether oxygens (including phenoxy) is 1. The Balaban J connectivity index is 1.39. The van der Waals surface area contributed by atoms with Gasteiger partial charge in [-0.05, 0) is 31.5 Å². The minimum atomic E-state index is -0.104. The second-order valence-electron chi connectivity index (χ2n) is 7.58. The molecule has 160 valence electrons. The standard InChI is InChI=1S/C21H27ClN6O2/c1-15-14-19(25-20(23-15)27-10-12-30-13-11-27)26-6-8-28(9-7-26)21(29)24-18-5-3-4-17(22)16(18)2/h3-5,14H,6-13H2,1-2H3,(H,24,29). The van der Waals surface area contributed by atoms with Crippen LogP contribution in [0, 0.1) is 13.8 Å². The zero-order valence-electron chi connectivity index (χ0n) is 17.4. The maximum Gasteiger partial charge on any atom is 0.321 e. The van der Waals surface area contributed by atoms with Crippen molar-refractivity contribution in [1.82, 2.24) is 14.9 Å². The first-order valence-corrected chi connectivity index (χ1v) is 10.6. The lowest BCUT2D eigenvalue weighted by molar-refractivity contribution is 0.122. The number of carbonyl (C=O) groups excluding carboxylic acids is 1. The summed E-state index contributed by atoms with van der Waals surface area (Å²) in [5, 5.41) is 3.62. The minimum Gasteiger partial charge on any atom is -0.378 e. The number of hydrogen-bond donors (Lipinski definition) is 1. The molecule has 0 bridgehead atoms. The Morgan fingerprint density at radius 3 is 2.50 bits per heavy atom. The number of nitrogens with one attached hydrogen (secondary N) is 1. The molecular formula is C21H27ClN6O2. The van der Waals surface area contributed by atoms with Crippen LogP contribution in [0.2, 0.25) is 5.02 Å². The molecule has 1 aromatic carbocycles. The maximum atomic E-state index is 12.7. The SMILES string of the molecule is Cc1cc(N2CCN(C(=O)Nc3cccc(Cl)c3C)CC2)nc(N2CCOCC2)n1. The zero-order valence-corrected chi connectivity index (χ0v) is 18.2. The predicted octanol–water partition coefficient (Wildman–Crippen LogP) is 2.94. The summed E-state index contributed by atoms with van der Waals surface area (Å²) in [6.45, 7) is 9.61. The molecule has 0 atom stereocenters. The molecule has 2 aliphatic heterocycles. The highest BCUT2D eigenvalue weighted by Crippen LogP contribution is 2.24. The Kier molecular flexibility index (Phi) is 6.24. The largest absolute Gasteiger partial charge is 0.378 e. The third-order valence-corrected chi connectivity index (χ3v) is 5.93. The van der Waals surface area contributed by atoms with Gasteiger partial charge in [-0.25, -0.2) is 9.78 Å². The molecule has 0 radical (unpaired) electrons. The van der Waals surface area contributed by atoms with Crippen molar-refractivity contribution in [2.24, 2.45) is 0 Å². The van der Waals surface area contributed by atoms with Gasteiger partial charge in [0.05, 0.1) is 13.2 Å². The summed E-state index contributed by atoms with van der Waals surface area (Å²) in [4.78, 5) is 28.3. The van der Waals surface area contributed by atoms with E-state index in [2.05, 4.69) is 20.1 Å². The van der Waals surface area contributed by atoms with Gasteiger partial charge in [-0.3, -0.25) is 0 Å². The molecule has 30 heavy (non-hydrogen) atoms. The van der Waals surface area contributed by atoms with Crippen LogP contribution in [0.4, 0.5) is 22.2 Å². The van der Waals surface area contributed by atoms with Gasteiger partial charge in [-0.1, -0.05) is 17.7 Å². The van der Waals surface area contributed by atoms with Gasteiger partial charge in [0.1, 0.15) is 5.82 Å². The van der Waals surface area contributed by atoms with Crippen LogP contribution in [0.15, 0.2) is 24.3 Å². The fraction of sp³-hybridized carbons (Fsp3) is 0.476. The van der Waals surface area contributed by atoms with Crippen LogP contribution in [-0.4, -0.2) is 73.4 Å². The second-order valence-corrected chi connectivity index (χ2v) is 7.99. The monoisotopic (exact) mass is 430 g/mol. The number of nitrogens with zero attached hydrogens (tertiary/aromatic N) is 5. The summed E-state index contributed by atoms with van der Waals surface area (Å²) in [6, 6.07) is 7.43. The smallest absolute Gasteiger partial charge is 0.321 e. The molecule has 2 amide bonds. The van der Waals surface area contributed by atoms with Crippen molar-refractivity contribution in [2.75, 3.05) is 67.6 Å². The molecule has 2 saturated heterocycles. The van der Waals surface area contributed by atoms with E-state index in [1.165, 1.54) is 0 Å². The van der Waals surface area contributed by atoms with Gasteiger partial charge in [0.2, 0.25) is 5.95 Å². The summed E-state index contributed by atoms with van der Waals surface area (Å²) in [7, 11) is 0. The number of halogens is 1. The van der Waals surface area contributed by atoms with Crippen molar-refractivity contribution in [3.63, 3.8) is 0 Å². The quantitative estimate of drug-likeness (QED) is 0.807. The van der Waals surface area contributed by atoms with Crippen molar-refractivity contribution in [1.29, 1.82) is 0 Å². The van der Waals surface area contributed by atoms with E-state index in [0.717, 1.165) is 54.9 Å². The molecular weight excluding hydrogens is 404 g/mol. The molecule has 2 fully saturated rings. The topological polar surface area (TPSA) is 73.8 Å². The summed E-state index contributed by atoms with van der Waals surface area (Å²) in [5.74, 6) is 1.67. The van der Waals surface area contributed by atoms with E-state index in [4.69, 9.17) is 21.3 Å². The van der Waals surface area contributed by atoms with Crippen molar-refractivity contribution in [3.8, 4) is 0 Å². The van der Waals surface area contributed by atoms with Gasteiger partial charge in [0, 0.05) is 61.7 Å². The van der Waals surface area contributed by atoms with Crippen LogP contribution in [-0.2, 0) is 4.74 Å². The maximum absolute atomic E-state index is 12.7. The number of piperazine rings is 1. The third-order valence-electron chi connectivity index (χ3n) is 5.52. The Morgan fingerprint density at radius 2 is 1.77 bits per heavy atom. The highest BCUT2D eigenvalue weighted by molar-refractivity contribution is 6.31. The van der Waals surface area contributed by atoms with Gasteiger partial charge >= 0.3 is 6.03 Å². The van der Waals surface area contributed by atoms with Gasteiger partial charge in [0.25, 0.3) is 0 Å². The molecule has 0 aliphatic carbocycles. The first kappa shape index (κ1) is 20.7. The van der Waals surface area contributed by atoms with Gasteiger partial charge in [0.15, 0.2) is 0 Å². The Morgan fingerprint density at radius 1 is 1.03 bits per heavy atom. The molecule has 0 saturated carbocycles. The Hall–Kier alpha value is -2.58. The minimum absolute atomic E-state index is 0.104. The lowest BCUT2D eigenvalue weighted by atomic mass is 10.2. The fourth-order valence-corrected chi connectivity index (χ4v) is 3.85. The molecule has 4 rings (SSSR count). The first-order valence-electron chi connectivity index (χ1n) is 10.3. The van der Waals surface area contributed by atoms with E-state index >= 15 is 0 Å². The number of urea groups is 1. The van der Waals surface area contributed by atoms with Gasteiger partial charge in [-0.2, -0.15) is 4.98 Å². The molecule has 0 spiro atoms. The highest BCUT2D eigenvalue weighted by atomic mass is 35.5. The number of anilines is 3. The number of aryl methyl sites for hydroxylation is 1. The molecule has 9 heteroatoms. The number of hydrogen-bond acceptors (Lipinski definition) is 6. The van der Waals surface area contributed by atoms with Gasteiger partial charge < -0.3 is 24.8 Å². The van der Waals surface area contributed by atoms with Crippen LogP contribution >= 0.6 is 11.6 Å². The number of morpholine rings is 1. The van der Waals surface area contributed by atoms with Crippen LogP contribution in [0.1, 0.15) is 11.3 Å². The lowest BCUT2D eigenvalue weighted by Crippen LogP contribution is -2.50. The van der Waals surface area contributed by atoms with Crippen LogP contribution < -0.4 is 15.1 Å². The van der Waals surface area contributed by atoms with Crippen LogP contribution in [0.25, 0.3) is 0 Å². The van der Waals surface area contributed by atoms with Crippen molar-refractivity contribution >= 4 is 35.1 Å². The van der Waals surface area contributed by atoms with Gasteiger partial charge in [-0.15, -0.1) is 0 Å². The van der Waals surface area contributed by atoms with Crippen molar-refractivity contribution in [2.45, 2.75) is 13.8 Å². The first-order chi connectivity index (χ1) is 14.5. The molecule has 3 heterocycles. The molecule has 8 nitrogen and oxygen atoms in total. The Bertz CT molecular complexity index is 910. The summed E-state index contributed by atoms with van der Waals surface area (Å²) < 4.78 is 5.43. The number of benzene rings is 1. The second kappa shape index (κ2) is 9.06. The molecule has 1 aromatic heterocycles. The lowest BCUT2D eigenvalue weighted by Gasteiger charge is -2.36. The third kappa shape index (κ3) is 4.60.